The van der Waals surface area contributed by atoms with Gasteiger partial charge in [-0.25, -0.2) is 9.78 Å². The van der Waals surface area contributed by atoms with Gasteiger partial charge in [0.15, 0.2) is 11.5 Å². The summed E-state index contributed by atoms with van der Waals surface area (Å²) in [6.45, 7) is 2.81. The maximum atomic E-state index is 11.6. The Morgan fingerprint density at radius 3 is 2.73 bits per heavy atom. The number of benzene rings is 1. The number of aromatic nitrogens is 1. The van der Waals surface area contributed by atoms with Crippen LogP contribution < -0.4 is 4.90 Å². The Morgan fingerprint density at radius 1 is 1.15 bits per heavy atom. The second kappa shape index (κ2) is 7.27. The Kier molecular flexibility index (Phi) is 4.68. The number of ether oxygens (including phenoxy) is 1. The van der Waals surface area contributed by atoms with E-state index >= 15 is 0 Å². The summed E-state index contributed by atoms with van der Waals surface area (Å²) in [6, 6.07) is 10.9. The topological polar surface area (TPSA) is 88.9 Å². The van der Waals surface area contributed by atoms with Gasteiger partial charge < -0.3 is 23.6 Å². The van der Waals surface area contributed by atoms with E-state index in [9.17, 15) is 9.90 Å². The van der Waals surface area contributed by atoms with Crippen molar-refractivity contribution >= 4 is 40.8 Å². The lowest BCUT2D eigenvalue weighted by Gasteiger charge is -2.26. The quantitative estimate of drug-likeness (QED) is 0.538. The highest BCUT2D eigenvalue weighted by Gasteiger charge is 2.17. The van der Waals surface area contributed by atoms with Crippen LogP contribution in [-0.4, -0.2) is 42.4 Å². The third-order valence-electron chi connectivity index (χ3n) is 3.89. The SMILES string of the molecule is O=C(O)/C(=C\c1ccc(N2CCOCC2)o1)Sc1nc2ccccc2o1. The molecule has 1 aliphatic rings. The number of oxazole rings is 1. The molecule has 2 aromatic heterocycles. The molecule has 1 aliphatic heterocycles. The van der Waals surface area contributed by atoms with Crippen LogP contribution in [-0.2, 0) is 9.53 Å². The average molecular weight is 372 g/mol. The normalized spacial score (nSPS) is 15.5. The highest BCUT2D eigenvalue weighted by Crippen LogP contribution is 2.31. The number of rotatable bonds is 5. The van der Waals surface area contributed by atoms with E-state index in [1.165, 1.54) is 6.08 Å². The van der Waals surface area contributed by atoms with Crippen molar-refractivity contribution in [1.82, 2.24) is 4.98 Å². The van der Waals surface area contributed by atoms with Crippen LogP contribution in [0, 0.1) is 0 Å². The molecule has 0 aliphatic carbocycles. The lowest BCUT2D eigenvalue weighted by molar-refractivity contribution is -0.131. The first-order valence-electron chi connectivity index (χ1n) is 8.10. The van der Waals surface area contributed by atoms with Crippen LogP contribution in [0.1, 0.15) is 5.76 Å². The van der Waals surface area contributed by atoms with Gasteiger partial charge in [-0.2, -0.15) is 0 Å². The number of thioether (sulfide) groups is 1. The highest BCUT2D eigenvalue weighted by molar-refractivity contribution is 8.03. The molecule has 3 aromatic rings. The van der Waals surface area contributed by atoms with Gasteiger partial charge in [-0.3, -0.25) is 0 Å². The van der Waals surface area contributed by atoms with E-state index in [1.807, 2.05) is 24.3 Å². The van der Waals surface area contributed by atoms with Gasteiger partial charge in [0.1, 0.15) is 16.2 Å². The van der Waals surface area contributed by atoms with Crippen LogP contribution in [0.15, 0.2) is 55.4 Å². The predicted octanol–water partition coefficient (Wildman–Crippen LogP) is 3.48. The predicted molar refractivity (Wildman–Crippen MR) is 97.2 cm³/mol. The second-order valence-electron chi connectivity index (χ2n) is 5.64. The molecular formula is C18H16N2O5S. The fourth-order valence-electron chi connectivity index (χ4n) is 2.63. The molecule has 3 heterocycles. The van der Waals surface area contributed by atoms with Crippen molar-refractivity contribution in [1.29, 1.82) is 0 Å². The third-order valence-corrected chi connectivity index (χ3v) is 4.75. The van der Waals surface area contributed by atoms with Crippen molar-refractivity contribution in [3.8, 4) is 0 Å². The maximum absolute atomic E-state index is 11.6. The number of anilines is 1. The van der Waals surface area contributed by atoms with Crippen LogP contribution >= 0.6 is 11.8 Å². The molecule has 1 saturated heterocycles. The van der Waals surface area contributed by atoms with E-state index in [1.54, 1.807) is 12.1 Å². The smallest absolute Gasteiger partial charge is 0.342 e. The van der Waals surface area contributed by atoms with Gasteiger partial charge in [-0.15, -0.1) is 0 Å². The van der Waals surface area contributed by atoms with Gasteiger partial charge in [0.25, 0.3) is 5.22 Å². The number of fused-ring (bicyclic) bond motifs is 1. The van der Waals surface area contributed by atoms with Crippen molar-refractivity contribution in [3.63, 3.8) is 0 Å². The molecule has 8 heteroatoms. The van der Waals surface area contributed by atoms with Crippen molar-refractivity contribution in [3.05, 3.63) is 47.1 Å². The Morgan fingerprint density at radius 2 is 1.96 bits per heavy atom. The first-order valence-corrected chi connectivity index (χ1v) is 8.91. The van der Waals surface area contributed by atoms with Crippen molar-refractivity contribution in [2.24, 2.45) is 0 Å². The first kappa shape index (κ1) is 16.7. The van der Waals surface area contributed by atoms with Gasteiger partial charge in [0.2, 0.25) is 0 Å². The van der Waals surface area contributed by atoms with Crippen LogP contribution in [0.5, 0.6) is 0 Å². The Hall–Kier alpha value is -2.71. The Bertz CT molecular complexity index is 922. The summed E-state index contributed by atoms with van der Waals surface area (Å²) in [5.41, 5.74) is 1.31. The molecule has 1 aromatic carbocycles. The fourth-order valence-corrected chi connectivity index (χ4v) is 3.35. The number of aliphatic carboxylic acids is 1. The maximum Gasteiger partial charge on any atom is 0.342 e. The molecule has 4 rings (SSSR count). The number of furan rings is 1. The fraction of sp³-hybridized carbons (Fsp3) is 0.222. The molecule has 0 amide bonds. The standard InChI is InChI=1S/C18H16N2O5S/c21-17(22)15(26-18-19-13-3-1-2-4-14(13)25-18)11-12-5-6-16(24-12)20-7-9-23-10-8-20/h1-6,11H,7-10H2,(H,21,22)/b15-11+. The zero-order valence-corrected chi connectivity index (χ0v) is 14.6. The number of carbonyl (C=O) groups is 1. The van der Waals surface area contributed by atoms with E-state index in [2.05, 4.69) is 9.88 Å². The lowest BCUT2D eigenvalue weighted by atomic mass is 10.3. The zero-order valence-electron chi connectivity index (χ0n) is 13.8. The molecular weight excluding hydrogens is 356 g/mol. The number of hydrogen-bond acceptors (Lipinski definition) is 7. The first-order chi connectivity index (χ1) is 12.7. The van der Waals surface area contributed by atoms with Crippen LogP contribution in [0.3, 0.4) is 0 Å². The van der Waals surface area contributed by atoms with Gasteiger partial charge >= 0.3 is 5.97 Å². The molecule has 134 valence electrons. The Balaban J connectivity index is 1.55. The highest BCUT2D eigenvalue weighted by atomic mass is 32.2. The molecule has 0 radical (unpaired) electrons. The molecule has 0 unspecified atom stereocenters. The average Bonchev–Trinajstić information content (AvgIpc) is 3.28. The summed E-state index contributed by atoms with van der Waals surface area (Å²) < 4.78 is 16.7. The number of morpholine rings is 1. The minimum atomic E-state index is -1.07. The minimum Gasteiger partial charge on any atom is -0.477 e. The molecule has 7 nitrogen and oxygen atoms in total. The second-order valence-corrected chi connectivity index (χ2v) is 6.63. The van der Waals surface area contributed by atoms with E-state index in [0.717, 1.165) is 24.9 Å². The molecule has 0 spiro atoms. The van der Waals surface area contributed by atoms with Crippen LogP contribution in [0.25, 0.3) is 17.2 Å². The molecule has 26 heavy (non-hydrogen) atoms. The summed E-state index contributed by atoms with van der Waals surface area (Å²) >= 11 is 0.952. The summed E-state index contributed by atoms with van der Waals surface area (Å²) in [4.78, 5) is 18.0. The lowest BCUT2D eigenvalue weighted by Crippen LogP contribution is -2.35. The van der Waals surface area contributed by atoms with Crippen molar-refractivity contribution < 1.29 is 23.5 Å². The van der Waals surface area contributed by atoms with Gasteiger partial charge in [-0.05, 0) is 30.0 Å². The molecule has 0 saturated carbocycles. The van der Waals surface area contributed by atoms with Gasteiger partial charge in [0.05, 0.1) is 13.2 Å². The van der Waals surface area contributed by atoms with E-state index in [-0.39, 0.29) is 10.1 Å². The van der Waals surface area contributed by atoms with Crippen molar-refractivity contribution in [2.75, 3.05) is 31.2 Å². The monoisotopic (exact) mass is 372 g/mol. The van der Waals surface area contributed by atoms with Crippen molar-refractivity contribution in [2.45, 2.75) is 5.22 Å². The van der Waals surface area contributed by atoms with Gasteiger partial charge in [0, 0.05) is 25.2 Å². The molecule has 0 bridgehead atoms. The number of para-hydroxylation sites is 2. The zero-order chi connectivity index (χ0) is 17.9. The molecule has 1 fully saturated rings. The van der Waals surface area contributed by atoms with Crippen LogP contribution in [0.4, 0.5) is 5.88 Å². The Labute approximate surface area is 153 Å². The number of nitrogens with zero attached hydrogens (tertiary/aromatic N) is 2. The van der Waals surface area contributed by atoms with Crippen LogP contribution in [0.2, 0.25) is 0 Å². The number of hydrogen-bond donors (Lipinski definition) is 1. The van der Waals surface area contributed by atoms with E-state index in [4.69, 9.17) is 13.6 Å². The van der Waals surface area contributed by atoms with E-state index in [0.29, 0.717) is 36.0 Å². The van der Waals surface area contributed by atoms with E-state index < -0.39 is 5.97 Å². The number of carboxylic acid groups (broad SMARTS) is 1. The summed E-state index contributed by atoms with van der Waals surface area (Å²) in [5.74, 6) is 0.102. The van der Waals surface area contributed by atoms with Gasteiger partial charge in [-0.1, -0.05) is 12.1 Å². The summed E-state index contributed by atoms with van der Waals surface area (Å²) in [6.07, 6.45) is 1.48. The summed E-state index contributed by atoms with van der Waals surface area (Å²) in [7, 11) is 0. The molecule has 1 N–H and O–H groups in total. The third kappa shape index (κ3) is 3.61. The molecule has 0 atom stereocenters. The number of carboxylic acids is 1. The minimum absolute atomic E-state index is 0.0689. The largest absolute Gasteiger partial charge is 0.477 e. The summed E-state index contributed by atoms with van der Waals surface area (Å²) in [5, 5.41) is 9.78.